The van der Waals surface area contributed by atoms with Gasteiger partial charge < -0.3 is 26.6 Å². The number of isothiocyanates is 1. The molecule has 82 valence electrons. The summed E-state index contributed by atoms with van der Waals surface area (Å²) in [4.78, 5) is 3.92. The van der Waals surface area contributed by atoms with Gasteiger partial charge in [0.1, 0.15) is 0 Å². The summed E-state index contributed by atoms with van der Waals surface area (Å²) in [6, 6.07) is 0. The van der Waals surface area contributed by atoms with E-state index in [1.807, 2.05) is 0 Å². The molecule has 14 heavy (non-hydrogen) atoms. The van der Waals surface area contributed by atoms with Crippen LogP contribution in [0.3, 0.4) is 0 Å². The molecule has 1 heterocycles. The van der Waals surface area contributed by atoms with Gasteiger partial charge in [-0.15, -0.1) is 0 Å². The Kier molecular flexibility index (Phi) is 6.74. The summed E-state index contributed by atoms with van der Waals surface area (Å²) in [5, 5.41) is 11.7. The predicted octanol–water partition coefficient (Wildman–Crippen LogP) is -2.31. The van der Waals surface area contributed by atoms with Crippen LogP contribution in [0, 0.1) is 0 Å². The molecule has 1 saturated heterocycles. The lowest BCUT2D eigenvalue weighted by atomic mass is 10.1. The van der Waals surface area contributed by atoms with Crippen molar-refractivity contribution in [1.82, 2.24) is 0 Å². The minimum atomic E-state index is -0.0831. The zero-order valence-corrected chi connectivity index (χ0v) is 10.9. The van der Waals surface area contributed by atoms with Crippen LogP contribution in [0.15, 0.2) is 4.99 Å². The van der Waals surface area contributed by atoms with Gasteiger partial charge in [0, 0.05) is 12.8 Å². The lowest BCUT2D eigenvalue weighted by molar-refractivity contribution is -0.913. The van der Waals surface area contributed by atoms with Gasteiger partial charge in [-0.1, -0.05) is 0 Å². The number of hydrogen-bond acceptors (Lipinski definition) is 3. The lowest BCUT2D eigenvalue weighted by Gasteiger charge is -2.38. The molecule has 0 atom stereocenters. The lowest BCUT2D eigenvalue weighted by Crippen LogP contribution is -3.00. The van der Waals surface area contributed by atoms with Crippen molar-refractivity contribution in [1.29, 1.82) is 0 Å². The fourth-order valence-electron chi connectivity index (χ4n) is 1.74. The molecule has 0 saturated carbocycles. The fourth-order valence-corrected chi connectivity index (χ4v) is 1.83. The zero-order valence-electron chi connectivity index (χ0n) is 8.45. The molecule has 3 nitrogen and oxygen atoms in total. The molecule has 1 aliphatic rings. The second kappa shape index (κ2) is 6.64. The molecule has 0 aromatic heterocycles. The molecule has 0 aliphatic carbocycles. The summed E-state index contributed by atoms with van der Waals surface area (Å²) in [5.41, 5.74) is 0. The Morgan fingerprint density at radius 3 is 2.57 bits per heavy atom. The second-order valence-corrected chi connectivity index (χ2v) is 4.18. The molecular formula is C9H17BrN2OS. The molecular weight excluding hydrogens is 264 g/mol. The van der Waals surface area contributed by atoms with Crippen LogP contribution in [0.25, 0.3) is 0 Å². The van der Waals surface area contributed by atoms with Crippen LogP contribution in [-0.2, 0) is 0 Å². The Bertz CT molecular complexity index is 211. The van der Waals surface area contributed by atoms with Crippen molar-refractivity contribution in [2.75, 3.05) is 33.2 Å². The smallest absolute Gasteiger partial charge is 0.0991 e. The first-order valence-corrected chi connectivity index (χ1v) is 5.12. The van der Waals surface area contributed by atoms with Crippen molar-refractivity contribution in [3.05, 3.63) is 0 Å². The van der Waals surface area contributed by atoms with Gasteiger partial charge in [-0.3, -0.25) is 0 Å². The number of piperidine rings is 1. The maximum absolute atomic E-state index is 9.35. The SMILES string of the molecule is C[N+]1(CCN=C=S)CCC(O)CC1.[Br-]. The highest BCUT2D eigenvalue weighted by Crippen LogP contribution is 2.16. The third-order valence-electron chi connectivity index (χ3n) is 2.82. The number of thiocarbonyl (C=S) groups is 1. The predicted molar refractivity (Wildman–Crippen MR) is 55.9 cm³/mol. The standard InChI is InChI=1S/C9H17N2OS.BrH/c1-11(7-4-10-8-13)5-2-9(12)3-6-11;/h9,12H,2-7H2,1H3;1H/q+1;/p-1. The summed E-state index contributed by atoms with van der Waals surface area (Å²) < 4.78 is 1.01. The topological polar surface area (TPSA) is 32.6 Å². The van der Waals surface area contributed by atoms with Crippen molar-refractivity contribution < 1.29 is 26.6 Å². The van der Waals surface area contributed by atoms with Gasteiger partial charge in [0.25, 0.3) is 0 Å². The Labute approximate surface area is 101 Å². The van der Waals surface area contributed by atoms with Crippen LogP contribution < -0.4 is 17.0 Å². The number of rotatable bonds is 3. The van der Waals surface area contributed by atoms with Crippen LogP contribution in [0.2, 0.25) is 0 Å². The highest BCUT2D eigenvalue weighted by molar-refractivity contribution is 7.78. The summed E-state index contributed by atoms with van der Waals surface area (Å²) >= 11 is 4.51. The molecule has 5 heteroatoms. The van der Waals surface area contributed by atoms with E-state index in [0.717, 1.165) is 43.5 Å². The van der Waals surface area contributed by atoms with E-state index >= 15 is 0 Å². The molecule has 0 aromatic rings. The first kappa shape index (κ1) is 14.2. The van der Waals surface area contributed by atoms with Crippen molar-refractivity contribution in [3.63, 3.8) is 0 Å². The van der Waals surface area contributed by atoms with Gasteiger partial charge in [-0.05, 0) is 12.2 Å². The average molecular weight is 281 g/mol. The van der Waals surface area contributed by atoms with Gasteiger partial charge in [0.2, 0.25) is 0 Å². The van der Waals surface area contributed by atoms with Gasteiger partial charge in [-0.25, -0.2) is 4.99 Å². The average Bonchev–Trinajstić information content (AvgIpc) is 2.12. The number of hydrogen-bond donors (Lipinski definition) is 1. The number of aliphatic hydroxyl groups is 1. The van der Waals surface area contributed by atoms with Crippen molar-refractivity contribution in [3.8, 4) is 0 Å². The van der Waals surface area contributed by atoms with E-state index < -0.39 is 0 Å². The number of halogens is 1. The summed E-state index contributed by atoms with van der Waals surface area (Å²) in [6.45, 7) is 3.87. The molecule has 1 N–H and O–H groups in total. The number of likely N-dealkylation sites (N-methyl/N-ethyl adjacent to an activating group) is 1. The van der Waals surface area contributed by atoms with Gasteiger partial charge >= 0.3 is 0 Å². The molecule has 0 amide bonds. The third kappa shape index (κ3) is 4.62. The zero-order chi connectivity index (χ0) is 9.73. The van der Waals surface area contributed by atoms with Crippen LogP contribution in [-0.4, -0.2) is 54.1 Å². The molecule has 0 aromatic carbocycles. The highest BCUT2D eigenvalue weighted by atomic mass is 79.9. The number of aliphatic hydroxyl groups excluding tert-OH is 1. The van der Waals surface area contributed by atoms with Crippen molar-refractivity contribution in [2.24, 2.45) is 4.99 Å². The largest absolute Gasteiger partial charge is 1.00 e. The minimum Gasteiger partial charge on any atom is -1.00 e. The Balaban J connectivity index is 0.00000169. The molecule has 0 bridgehead atoms. The second-order valence-electron chi connectivity index (χ2n) is 3.99. The van der Waals surface area contributed by atoms with Crippen molar-refractivity contribution >= 4 is 17.4 Å². The molecule has 1 rings (SSSR count). The molecule has 1 fully saturated rings. The molecule has 0 radical (unpaired) electrons. The van der Waals surface area contributed by atoms with E-state index in [1.165, 1.54) is 0 Å². The Morgan fingerprint density at radius 1 is 1.50 bits per heavy atom. The van der Waals surface area contributed by atoms with Crippen molar-refractivity contribution in [2.45, 2.75) is 18.9 Å². The minimum absolute atomic E-state index is 0. The quantitative estimate of drug-likeness (QED) is 0.358. The molecule has 1 aliphatic heterocycles. The van der Waals surface area contributed by atoms with E-state index in [4.69, 9.17) is 0 Å². The summed E-state index contributed by atoms with van der Waals surface area (Å²) in [6.07, 6.45) is 1.75. The molecule has 0 unspecified atom stereocenters. The Morgan fingerprint density at radius 2 is 2.07 bits per heavy atom. The summed E-state index contributed by atoms with van der Waals surface area (Å²) in [7, 11) is 2.21. The fraction of sp³-hybridized carbons (Fsp3) is 0.889. The first-order valence-electron chi connectivity index (χ1n) is 4.71. The number of aliphatic imine (C=N–C) groups is 1. The van der Waals surface area contributed by atoms with E-state index in [1.54, 1.807) is 0 Å². The van der Waals surface area contributed by atoms with Crippen LogP contribution >= 0.6 is 12.2 Å². The van der Waals surface area contributed by atoms with E-state index in [-0.39, 0.29) is 23.1 Å². The van der Waals surface area contributed by atoms with Crippen LogP contribution in [0.4, 0.5) is 0 Å². The number of quaternary nitrogens is 1. The van der Waals surface area contributed by atoms with Gasteiger partial charge in [0.05, 0.1) is 44.5 Å². The van der Waals surface area contributed by atoms with E-state index in [0.29, 0.717) is 0 Å². The monoisotopic (exact) mass is 280 g/mol. The van der Waals surface area contributed by atoms with Gasteiger partial charge in [0.15, 0.2) is 0 Å². The highest BCUT2D eigenvalue weighted by Gasteiger charge is 2.28. The maximum atomic E-state index is 9.35. The van der Waals surface area contributed by atoms with Crippen LogP contribution in [0.1, 0.15) is 12.8 Å². The first-order chi connectivity index (χ1) is 6.16. The maximum Gasteiger partial charge on any atom is 0.0991 e. The third-order valence-corrected chi connectivity index (χ3v) is 2.95. The van der Waals surface area contributed by atoms with E-state index in [9.17, 15) is 5.11 Å². The van der Waals surface area contributed by atoms with E-state index in [2.05, 4.69) is 29.4 Å². The normalized spacial score (nSPS) is 31.4. The Hall–Kier alpha value is 0.200. The number of likely N-dealkylation sites (tertiary alicyclic amines) is 1. The number of nitrogens with zero attached hydrogens (tertiary/aromatic N) is 2. The molecule has 0 spiro atoms. The summed E-state index contributed by atoms with van der Waals surface area (Å²) in [5.74, 6) is 0. The van der Waals surface area contributed by atoms with Gasteiger partial charge in [-0.2, -0.15) is 0 Å². The van der Waals surface area contributed by atoms with Crippen LogP contribution in [0.5, 0.6) is 0 Å².